The van der Waals surface area contributed by atoms with Gasteiger partial charge in [-0.3, -0.25) is 0 Å². The Morgan fingerprint density at radius 2 is 1.32 bits per heavy atom. The molecular weight excluding hydrogens is 542 g/mol. The third kappa shape index (κ3) is 13.8. The highest BCUT2D eigenvalue weighted by Crippen LogP contribution is 2.45. The minimum atomic E-state index is -6.09. The van der Waals surface area contributed by atoms with Crippen LogP contribution < -0.4 is 0 Å². The van der Waals surface area contributed by atoms with Crippen LogP contribution in [0.1, 0.15) is 0 Å². The molecule has 182 valence electrons. The highest BCUT2D eigenvalue weighted by atomic mass is 32.2. The monoisotopic (exact) mass is 564 g/mol. The number of ether oxygens (including phenoxy) is 4. The van der Waals surface area contributed by atoms with Gasteiger partial charge in [0.1, 0.15) is 22.7 Å². The Labute approximate surface area is 200 Å². The van der Waals surface area contributed by atoms with Gasteiger partial charge in [0, 0.05) is 11.5 Å². The Kier molecular flexibility index (Phi) is 15.6. The molecule has 0 aliphatic carbocycles. The lowest BCUT2D eigenvalue weighted by Crippen LogP contribution is -2.21. The Balaban J connectivity index is 0.000000512. The van der Waals surface area contributed by atoms with Crippen LogP contribution in [0, 0.1) is 0 Å². The number of hydrogen-bond acceptors (Lipinski definition) is 11. The standard InChI is InChI=1S/C14H23O4S5.CHF3O3S/c1-19-14-22-12-13(23-14)21-11-9-18-7-5-16-3-2-15-4-6-17-8-10-20-12;2-1(3,4)8(5,6)7/h2-11H2,1H3;(H,5,6,7)/q+1;/p-1. The molecule has 0 radical (unpaired) electrons. The van der Waals surface area contributed by atoms with Crippen molar-refractivity contribution in [2.75, 3.05) is 70.6 Å². The number of fused-ring (bicyclic) bond motifs is 1. The second kappa shape index (κ2) is 16.3. The van der Waals surface area contributed by atoms with E-state index in [1.807, 2.05) is 58.0 Å². The fraction of sp³-hybridized carbons (Fsp3) is 0.800. The third-order valence-corrected chi connectivity index (χ3v) is 10.4. The van der Waals surface area contributed by atoms with Gasteiger partial charge < -0.3 is 23.5 Å². The maximum atomic E-state index is 10.7. The van der Waals surface area contributed by atoms with Gasteiger partial charge in [0.25, 0.3) is 0 Å². The van der Waals surface area contributed by atoms with Crippen molar-refractivity contribution in [2.45, 2.75) is 17.4 Å². The van der Waals surface area contributed by atoms with E-state index in [4.69, 9.17) is 31.9 Å². The molecule has 0 fully saturated rings. The first-order valence-electron chi connectivity index (χ1n) is 8.74. The van der Waals surface area contributed by atoms with E-state index in [0.29, 0.717) is 39.6 Å². The van der Waals surface area contributed by atoms with Gasteiger partial charge >= 0.3 is 9.03 Å². The van der Waals surface area contributed by atoms with Crippen molar-refractivity contribution >= 4 is 68.1 Å². The molecular formula is C15H23F3O7S6. The van der Waals surface area contributed by atoms with Crippen molar-refractivity contribution in [3.8, 4) is 0 Å². The van der Waals surface area contributed by atoms with Crippen LogP contribution in [-0.4, -0.2) is 89.1 Å². The Morgan fingerprint density at radius 1 is 0.903 bits per heavy atom. The van der Waals surface area contributed by atoms with Crippen molar-refractivity contribution in [3.63, 3.8) is 0 Å². The molecule has 7 nitrogen and oxygen atoms in total. The zero-order valence-corrected chi connectivity index (χ0v) is 21.4. The van der Waals surface area contributed by atoms with Crippen LogP contribution in [0.3, 0.4) is 0 Å². The van der Waals surface area contributed by atoms with Crippen LogP contribution in [0.4, 0.5) is 13.2 Å². The maximum absolute atomic E-state index is 10.7. The molecule has 0 N–H and O–H groups in total. The highest BCUT2D eigenvalue weighted by molar-refractivity contribution is 8.07. The van der Waals surface area contributed by atoms with Crippen LogP contribution in [0.25, 0.3) is 0 Å². The number of halogens is 3. The molecule has 0 atom stereocenters. The topological polar surface area (TPSA) is 94.1 Å². The summed E-state index contributed by atoms with van der Waals surface area (Å²) in [6.07, 6.45) is 2.14. The Hall–Kier alpha value is 0.640. The summed E-state index contributed by atoms with van der Waals surface area (Å²) in [7, 11) is -6.09. The van der Waals surface area contributed by atoms with E-state index < -0.39 is 15.6 Å². The molecule has 1 aromatic rings. The van der Waals surface area contributed by atoms with Crippen LogP contribution in [0.2, 0.25) is 0 Å². The number of thioether (sulfide) groups is 3. The first-order valence-corrected chi connectivity index (χ1v) is 15.0. The van der Waals surface area contributed by atoms with Crippen molar-refractivity contribution in [3.05, 3.63) is 0 Å². The summed E-state index contributed by atoms with van der Waals surface area (Å²) in [6.45, 7) is 5.30. The molecule has 0 amide bonds. The van der Waals surface area contributed by atoms with Gasteiger partial charge in [-0.25, -0.2) is 8.42 Å². The molecule has 16 heteroatoms. The zero-order chi connectivity index (χ0) is 23.2. The van der Waals surface area contributed by atoms with Crippen LogP contribution in [-0.2, 0) is 29.1 Å². The van der Waals surface area contributed by atoms with Gasteiger partial charge in [-0.2, -0.15) is 13.2 Å². The number of hydrogen-bond donors (Lipinski definition) is 0. The molecule has 0 unspecified atom stereocenters. The maximum Gasteiger partial charge on any atom is 0.485 e. The molecule has 2 rings (SSSR count). The van der Waals surface area contributed by atoms with E-state index in [1.54, 1.807) is 0 Å². The van der Waals surface area contributed by atoms with Crippen molar-refractivity contribution < 1.29 is 45.1 Å². The largest absolute Gasteiger partial charge is 0.741 e. The quantitative estimate of drug-likeness (QED) is 0.215. The normalized spacial score (nSPS) is 18.7. The predicted molar refractivity (Wildman–Crippen MR) is 119 cm³/mol. The van der Waals surface area contributed by atoms with E-state index in [-0.39, 0.29) is 0 Å². The summed E-state index contributed by atoms with van der Waals surface area (Å²) in [6, 6.07) is 0. The molecule has 1 aliphatic rings. The molecule has 0 saturated heterocycles. The van der Waals surface area contributed by atoms with Gasteiger partial charge in [-0.15, -0.1) is 0 Å². The van der Waals surface area contributed by atoms with Crippen molar-refractivity contribution in [1.29, 1.82) is 0 Å². The second-order valence-corrected chi connectivity index (χ2v) is 13.0. The number of alkyl halides is 3. The lowest BCUT2D eigenvalue weighted by atomic mass is 10.7. The van der Waals surface area contributed by atoms with E-state index in [0.717, 1.165) is 24.7 Å². The summed E-state index contributed by atoms with van der Waals surface area (Å²) >= 11 is 9.40. The van der Waals surface area contributed by atoms with Crippen LogP contribution >= 0.6 is 58.0 Å². The summed E-state index contributed by atoms with van der Waals surface area (Å²) in [5.74, 6) is 1.96. The van der Waals surface area contributed by atoms with Gasteiger partial charge in [0.05, 0.1) is 52.9 Å². The minimum Gasteiger partial charge on any atom is -0.741 e. The van der Waals surface area contributed by atoms with E-state index in [2.05, 4.69) is 6.26 Å². The zero-order valence-electron chi connectivity index (χ0n) is 16.5. The summed E-state index contributed by atoms with van der Waals surface area (Å²) in [5, 5.41) is 0. The van der Waals surface area contributed by atoms with Gasteiger partial charge in [0.2, 0.25) is 8.42 Å². The first-order chi connectivity index (χ1) is 14.6. The first kappa shape index (κ1) is 29.7. The number of rotatable bonds is 1. The van der Waals surface area contributed by atoms with E-state index in [9.17, 15) is 13.2 Å². The highest BCUT2D eigenvalue weighted by Gasteiger charge is 2.36. The molecule has 0 bridgehead atoms. The predicted octanol–water partition coefficient (Wildman–Crippen LogP) is 4.13. The van der Waals surface area contributed by atoms with Gasteiger partial charge in [-0.1, -0.05) is 35.3 Å². The molecule has 0 aromatic carbocycles. The summed E-state index contributed by atoms with van der Waals surface area (Å²) in [4.78, 5) is 0. The summed E-state index contributed by atoms with van der Waals surface area (Å²) in [5.41, 5.74) is -5.65. The second-order valence-electron chi connectivity index (χ2n) is 5.28. The van der Waals surface area contributed by atoms with Crippen molar-refractivity contribution in [1.82, 2.24) is 0 Å². The van der Waals surface area contributed by atoms with Crippen LogP contribution in [0.5, 0.6) is 0 Å². The SMILES string of the molecule is CSc1sc2c([s+]1)SCCOCCOCCOCCOCCS2.O=S(=O)([O-])C(F)(F)F. The molecule has 1 aliphatic heterocycles. The molecule has 2 heterocycles. The van der Waals surface area contributed by atoms with Crippen LogP contribution in [0.15, 0.2) is 11.9 Å². The molecule has 0 spiro atoms. The lowest BCUT2D eigenvalue weighted by molar-refractivity contribution is -0.0517. The molecule has 31 heavy (non-hydrogen) atoms. The third-order valence-electron chi connectivity index (χ3n) is 3.01. The fourth-order valence-electron chi connectivity index (χ4n) is 1.66. The average molecular weight is 565 g/mol. The Bertz CT molecular complexity index is 679. The van der Waals surface area contributed by atoms with E-state index in [1.165, 1.54) is 11.9 Å². The van der Waals surface area contributed by atoms with E-state index >= 15 is 0 Å². The average Bonchev–Trinajstić information content (AvgIpc) is 3.08. The van der Waals surface area contributed by atoms with Gasteiger partial charge in [-0.05, 0) is 6.26 Å². The van der Waals surface area contributed by atoms with Gasteiger partial charge in [0.15, 0.2) is 10.1 Å². The lowest BCUT2D eigenvalue weighted by Gasteiger charge is -2.08. The van der Waals surface area contributed by atoms with Crippen molar-refractivity contribution in [2.24, 2.45) is 0 Å². The smallest absolute Gasteiger partial charge is 0.485 e. The fourth-order valence-corrected chi connectivity index (χ4v) is 8.29. The summed E-state index contributed by atoms with van der Waals surface area (Å²) < 4.78 is 85.3. The minimum absolute atomic E-state index is 0.616. The molecule has 1 aromatic heterocycles. The Morgan fingerprint density at radius 3 is 1.74 bits per heavy atom. The molecule has 0 saturated carbocycles.